The summed E-state index contributed by atoms with van der Waals surface area (Å²) in [6, 6.07) is 4.20. The molecule has 1 saturated heterocycles. The number of carbonyl (C=O) groups excluding carboxylic acids is 3. The van der Waals surface area contributed by atoms with Crippen LogP contribution >= 0.6 is 0 Å². The Kier molecular flexibility index (Phi) is 10.2. The molecule has 1 unspecified atom stereocenters. The van der Waals surface area contributed by atoms with Crippen molar-refractivity contribution in [3.63, 3.8) is 0 Å². The third-order valence-electron chi connectivity index (χ3n) is 6.66. The Morgan fingerprint density at radius 2 is 1.87 bits per heavy atom. The van der Waals surface area contributed by atoms with E-state index in [1.54, 1.807) is 37.1 Å². The zero-order chi connectivity index (χ0) is 27.8. The summed E-state index contributed by atoms with van der Waals surface area (Å²) in [6.07, 6.45) is 0.779. The smallest absolute Gasteiger partial charge is 0.338 e. The van der Waals surface area contributed by atoms with Crippen molar-refractivity contribution < 1.29 is 28.6 Å². The van der Waals surface area contributed by atoms with E-state index in [9.17, 15) is 14.4 Å². The first kappa shape index (κ1) is 29.1. The minimum atomic E-state index is -0.763. The summed E-state index contributed by atoms with van der Waals surface area (Å²) < 4.78 is 16.4. The molecule has 2 N–H and O–H groups in total. The monoisotopic (exact) mass is 531 g/mol. The lowest BCUT2D eigenvalue weighted by molar-refractivity contribution is -0.139. The first-order valence-corrected chi connectivity index (χ1v) is 13.2. The Labute approximate surface area is 225 Å². The number of ether oxygens (including phenoxy) is 3. The van der Waals surface area contributed by atoms with Gasteiger partial charge in [-0.25, -0.2) is 14.4 Å². The molecule has 1 aromatic carbocycles. The maximum atomic E-state index is 13.4. The standard InChI is InChI=1S/C27H41N5O6/c1-7-32-21(17-30-12-9-13-31(15-14-30)26(34)28-18(3)4)23(25(33)38-8-2)24(29-27(32)35)20-11-10-19(36-5)16-22(20)37-6/h10-11,16,18,24H,7-9,12-15,17H2,1-6H3,(H,28,34)(H,29,35). The van der Waals surface area contributed by atoms with Crippen molar-refractivity contribution in [1.82, 2.24) is 25.3 Å². The van der Waals surface area contributed by atoms with Gasteiger partial charge in [0.2, 0.25) is 0 Å². The van der Waals surface area contributed by atoms with Crippen LogP contribution in [0.4, 0.5) is 9.59 Å². The van der Waals surface area contributed by atoms with Crippen LogP contribution in [0.5, 0.6) is 11.5 Å². The van der Waals surface area contributed by atoms with Gasteiger partial charge in [-0.1, -0.05) is 0 Å². The lowest BCUT2D eigenvalue weighted by Crippen LogP contribution is -2.51. The van der Waals surface area contributed by atoms with Crippen molar-refractivity contribution in [2.24, 2.45) is 0 Å². The van der Waals surface area contributed by atoms with Gasteiger partial charge >= 0.3 is 18.0 Å². The number of hydrogen-bond acceptors (Lipinski definition) is 7. The second kappa shape index (κ2) is 13.4. The van der Waals surface area contributed by atoms with Crippen LogP contribution in [0.25, 0.3) is 0 Å². The molecule has 4 amide bonds. The Balaban J connectivity index is 2.00. The number of carbonyl (C=O) groups is 3. The molecule has 1 atom stereocenters. The maximum absolute atomic E-state index is 13.4. The minimum absolute atomic E-state index is 0.0601. The molecule has 11 nitrogen and oxygen atoms in total. The average molecular weight is 532 g/mol. The molecule has 0 saturated carbocycles. The van der Waals surface area contributed by atoms with Gasteiger partial charge in [0, 0.05) is 62.6 Å². The Hall–Kier alpha value is -3.47. The molecule has 3 rings (SSSR count). The highest BCUT2D eigenvalue weighted by Crippen LogP contribution is 2.38. The second-order valence-corrected chi connectivity index (χ2v) is 9.54. The quantitative estimate of drug-likeness (QED) is 0.471. The van der Waals surface area contributed by atoms with E-state index in [0.29, 0.717) is 61.1 Å². The fraction of sp³-hybridized carbons (Fsp3) is 0.593. The zero-order valence-corrected chi connectivity index (χ0v) is 23.3. The highest BCUT2D eigenvalue weighted by Gasteiger charge is 2.39. The van der Waals surface area contributed by atoms with Crippen LogP contribution in [0.3, 0.4) is 0 Å². The maximum Gasteiger partial charge on any atom is 0.338 e. The topological polar surface area (TPSA) is 113 Å². The lowest BCUT2D eigenvalue weighted by Gasteiger charge is -2.38. The first-order valence-electron chi connectivity index (χ1n) is 13.2. The van der Waals surface area contributed by atoms with Crippen molar-refractivity contribution in [3.05, 3.63) is 35.0 Å². The van der Waals surface area contributed by atoms with Crippen LogP contribution in [0.15, 0.2) is 29.5 Å². The number of rotatable bonds is 9. The van der Waals surface area contributed by atoms with Crippen LogP contribution < -0.4 is 20.1 Å². The number of benzene rings is 1. The summed E-state index contributed by atoms with van der Waals surface area (Å²) in [5.41, 5.74) is 1.60. The van der Waals surface area contributed by atoms with E-state index >= 15 is 0 Å². The summed E-state index contributed by atoms with van der Waals surface area (Å²) >= 11 is 0. The molecule has 2 aliphatic heterocycles. The Morgan fingerprint density at radius 1 is 1.11 bits per heavy atom. The molecule has 38 heavy (non-hydrogen) atoms. The first-order chi connectivity index (χ1) is 18.2. The molecule has 0 bridgehead atoms. The van der Waals surface area contributed by atoms with Gasteiger partial charge in [0.05, 0.1) is 32.4 Å². The number of esters is 1. The van der Waals surface area contributed by atoms with Gasteiger partial charge in [-0.2, -0.15) is 0 Å². The Bertz CT molecular complexity index is 1040. The normalized spacial score (nSPS) is 18.7. The van der Waals surface area contributed by atoms with E-state index < -0.39 is 12.0 Å². The number of urea groups is 2. The fourth-order valence-electron chi connectivity index (χ4n) is 4.83. The van der Waals surface area contributed by atoms with Crippen LogP contribution in [0, 0.1) is 0 Å². The van der Waals surface area contributed by atoms with Gasteiger partial charge in [0.1, 0.15) is 11.5 Å². The summed E-state index contributed by atoms with van der Waals surface area (Å²) in [6.45, 7) is 11.0. The molecule has 0 aromatic heterocycles. The van der Waals surface area contributed by atoms with Crippen LogP contribution in [-0.4, -0.2) is 98.9 Å². The Morgan fingerprint density at radius 3 is 2.50 bits per heavy atom. The third-order valence-corrected chi connectivity index (χ3v) is 6.66. The number of nitrogens with zero attached hydrogens (tertiary/aromatic N) is 3. The summed E-state index contributed by atoms with van der Waals surface area (Å²) in [5.74, 6) is 0.597. The minimum Gasteiger partial charge on any atom is -0.497 e. The number of methoxy groups -OCH3 is 2. The van der Waals surface area contributed by atoms with E-state index in [0.717, 1.165) is 13.0 Å². The van der Waals surface area contributed by atoms with Gasteiger partial charge in [0.25, 0.3) is 0 Å². The molecular weight excluding hydrogens is 490 g/mol. The number of nitrogens with one attached hydrogen (secondary N) is 2. The van der Waals surface area contributed by atoms with E-state index in [2.05, 4.69) is 15.5 Å². The van der Waals surface area contributed by atoms with E-state index in [1.165, 1.54) is 7.11 Å². The average Bonchev–Trinajstić information content (AvgIpc) is 3.13. The van der Waals surface area contributed by atoms with Gasteiger partial charge in [0.15, 0.2) is 0 Å². The largest absolute Gasteiger partial charge is 0.497 e. The van der Waals surface area contributed by atoms with Gasteiger partial charge in [-0.15, -0.1) is 0 Å². The number of likely N-dealkylation sites (N-methyl/N-ethyl adjacent to an activating group) is 1. The second-order valence-electron chi connectivity index (χ2n) is 9.54. The molecule has 1 fully saturated rings. The molecule has 210 valence electrons. The van der Waals surface area contributed by atoms with Gasteiger partial charge in [-0.3, -0.25) is 9.80 Å². The van der Waals surface area contributed by atoms with Crippen molar-refractivity contribution in [1.29, 1.82) is 0 Å². The molecule has 2 heterocycles. The van der Waals surface area contributed by atoms with E-state index in [1.807, 2.05) is 25.7 Å². The SMILES string of the molecule is CCOC(=O)C1=C(CN2CCCN(C(=O)NC(C)C)CC2)N(CC)C(=O)NC1c1ccc(OC)cc1OC. The summed E-state index contributed by atoms with van der Waals surface area (Å²) in [7, 11) is 3.10. The van der Waals surface area contributed by atoms with E-state index in [4.69, 9.17) is 14.2 Å². The highest BCUT2D eigenvalue weighted by molar-refractivity contribution is 5.95. The summed E-state index contributed by atoms with van der Waals surface area (Å²) in [4.78, 5) is 44.9. The van der Waals surface area contributed by atoms with Crippen molar-refractivity contribution in [2.45, 2.75) is 46.2 Å². The van der Waals surface area contributed by atoms with Gasteiger partial charge in [-0.05, 0) is 46.2 Å². The predicted octanol–water partition coefficient (Wildman–Crippen LogP) is 2.73. The fourth-order valence-corrected chi connectivity index (χ4v) is 4.83. The molecule has 0 radical (unpaired) electrons. The van der Waals surface area contributed by atoms with Crippen LogP contribution in [0.2, 0.25) is 0 Å². The molecule has 0 aliphatic carbocycles. The lowest BCUT2D eigenvalue weighted by atomic mass is 9.93. The predicted molar refractivity (Wildman–Crippen MR) is 143 cm³/mol. The molecule has 0 spiro atoms. The molecule has 1 aromatic rings. The van der Waals surface area contributed by atoms with Crippen LogP contribution in [0.1, 0.15) is 45.7 Å². The van der Waals surface area contributed by atoms with Gasteiger partial charge < -0.3 is 29.7 Å². The molecular formula is C27H41N5O6. The van der Waals surface area contributed by atoms with Crippen molar-refractivity contribution >= 4 is 18.0 Å². The molecule has 2 aliphatic rings. The van der Waals surface area contributed by atoms with Crippen molar-refractivity contribution in [2.75, 3.05) is 60.1 Å². The van der Waals surface area contributed by atoms with Crippen LogP contribution in [-0.2, 0) is 9.53 Å². The molecule has 11 heteroatoms. The highest BCUT2D eigenvalue weighted by atomic mass is 16.5. The third kappa shape index (κ3) is 6.69. The summed E-state index contributed by atoms with van der Waals surface area (Å²) in [5, 5.41) is 5.94. The number of amides is 4. The number of hydrogen-bond donors (Lipinski definition) is 2. The zero-order valence-electron chi connectivity index (χ0n) is 23.3. The van der Waals surface area contributed by atoms with Crippen molar-refractivity contribution in [3.8, 4) is 11.5 Å². The van der Waals surface area contributed by atoms with E-state index in [-0.39, 0.29) is 24.7 Å².